The molecule has 3 fully saturated rings. The molecule has 3 aliphatic carbocycles. The number of phenolic OH excluding ortho intramolecular Hbond substituents is 1. The summed E-state index contributed by atoms with van der Waals surface area (Å²) in [4.78, 5) is 14.9. The molecule has 5 rings (SSSR count). The molecule has 3 atom stereocenters. The van der Waals surface area contributed by atoms with Gasteiger partial charge in [-0.3, -0.25) is 9.69 Å². The molecule has 5 nitrogen and oxygen atoms in total. The number of aliphatic hydroxyl groups is 1. The number of ketones is 1. The number of aromatic hydroxyl groups is 1. The molecule has 1 heterocycles. The minimum Gasteiger partial charge on any atom is -0.504 e. The Hall–Kier alpha value is -1.59. The molecule has 4 aliphatic rings. The molecule has 0 aromatic heterocycles. The average Bonchev–Trinajstić information content (AvgIpc) is 3.42. The molecular weight excluding hydrogens is 330 g/mol. The fourth-order valence-corrected chi connectivity index (χ4v) is 6.00. The number of carbonyl (C=O) groups is 1. The van der Waals surface area contributed by atoms with Gasteiger partial charge >= 0.3 is 0 Å². The topological polar surface area (TPSA) is 70.0 Å². The van der Waals surface area contributed by atoms with Crippen molar-refractivity contribution in [3.05, 3.63) is 23.3 Å². The summed E-state index contributed by atoms with van der Waals surface area (Å²) < 4.78 is 5.34. The lowest BCUT2D eigenvalue weighted by molar-refractivity contribution is -0.173. The second-order valence-electron chi connectivity index (χ2n) is 8.78. The molecule has 2 bridgehead atoms. The van der Waals surface area contributed by atoms with E-state index >= 15 is 0 Å². The summed E-state index contributed by atoms with van der Waals surface area (Å²) in [5, 5.41) is 22.9. The van der Waals surface area contributed by atoms with E-state index in [1.54, 1.807) is 13.2 Å². The zero-order valence-corrected chi connectivity index (χ0v) is 15.3. The van der Waals surface area contributed by atoms with Gasteiger partial charge in [-0.2, -0.15) is 0 Å². The number of piperidine rings is 1. The predicted octanol–water partition coefficient (Wildman–Crippen LogP) is 2.16. The van der Waals surface area contributed by atoms with Crippen molar-refractivity contribution in [1.82, 2.24) is 4.90 Å². The van der Waals surface area contributed by atoms with Crippen LogP contribution in [0.2, 0.25) is 0 Å². The van der Waals surface area contributed by atoms with Crippen LogP contribution in [0.3, 0.4) is 0 Å². The molecule has 0 amide bonds. The van der Waals surface area contributed by atoms with E-state index in [2.05, 4.69) is 4.90 Å². The van der Waals surface area contributed by atoms with Crippen LogP contribution in [0.4, 0.5) is 0 Å². The minimum atomic E-state index is -0.953. The van der Waals surface area contributed by atoms with Gasteiger partial charge in [0.15, 0.2) is 11.5 Å². The van der Waals surface area contributed by atoms with Crippen molar-refractivity contribution < 1.29 is 19.7 Å². The van der Waals surface area contributed by atoms with Gasteiger partial charge < -0.3 is 14.9 Å². The number of likely N-dealkylation sites (tertiary alicyclic amines) is 1. The van der Waals surface area contributed by atoms with Crippen molar-refractivity contribution >= 4 is 5.78 Å². The molecule has 1 saturated heterocycles. The van der Waals surface area contributed by atoms with E-state index in [1.165, 1.54) is 12.8 Å². The third-order valence-electron chi connectivity index (χ3n) is 7.46. The third-order valence-corrected chi connectivity index (χ3v) is 7.46. The second kappa shape index (κ2) is 5.46. The highest BCUT2D eigenvalue weighted by Crippen LogP contribution is 2.60. The molecule has 1 aromatic carbocycles. The molecule has 0 spiro atoms. The maximum absolute atomic E-state index is 12.5. The predicted molar refractivity (Wildman–Crippen MR) is 96.6 cm³/mol. The van der Waals surface area contributed by atoms with Gasteiger partial charge in [-0.1, -0.05) is 6.07 Å². The Bertz CT molecular complexity index is 774. The molecule has 2 saturated carbocycles. The first-order valence-electron chi connectivity index (χ1n) is 9.86. The monoisotopic (exact) mass is 357 g/mol. The lowest BCUT2D eigenvalue weighted by atomic mass is 9.49. The fourth-order valence-electron chi connectivity index (χ4n) is 6.00. The summed E-state index contributed by atoms with van der Waals surface area (Å²) in [6, 6.07) is 3.85. The average molecular weight is 357 g/mol. The summed E-state index contributed by atoms with van der Waals surface area (Å²) in [6.45, 7) is 1.93. The molecule has 1 aliphatic heterocycles. The van der Waals surface area contributed by atoms with E-state index in [4.69, 9.17) is 4.74 Å². The number of Topliss-reactive ketones (excluding diaryl/α,β-unsaturated/α-hetero) is 1. The number of hydrogen-bond donors (Lipinski definition) is 2. The largest absolute Gasteiger partial charge is 0.504 e. The van der Waals surface area contributed by atoms with E-state index in [0.29, 0.717) is 31.4 Å². The van der Waals surface area contributed by atoms with Crippen LogP contribution in [0, 0.1) is 5.92 Å². The van der Waals surface area contributed by atoms with Gasteiger partial charge in [0.1, 0.15) is 5.78 Å². The number of hydrogen-bond acceptors (Lipinski definition) is 5. The van der Waals surface area contributed by atoms with Gasteiger partial charge in [0.05, 0.1) is 12.7 Å². The molecule has 140 valence electrons. The van der Waals surface area contributed by atoms with Crippen molar-refractivity contribution in [3.63, 3.8) is 0 Å². The lowest BCUT2D eigenvalue weighted by Gasteiger charge is -2.63. The van der Waals surface area contributed by atoms with Crippen molar-refractivity contribution in [2.75, 3.05) is 20.2 Å². The molecule has 0 unspecified atom stereocenters. The van der Waals surface area contributed by atoms with E-state index in [1.807, 2.05) is 6.07 Å². The highest BCUT2D eigenvalue weighted by molar-refractivity contribution is 5.83. The Balaban J connectivity index is 1.68. The number of rotatable bonds is 3. The van der Waals surface area contributed by atoms with Crippen LogP contribution in [0.25, 0.3) is 0 Å². The SMILES string of the molecule is COc1ccc2c(c1O)[C@@]13CCN(CC4CC4)[C@@H](C2)[C@]1(O)CCC(=O)C3. The summed E-state index contributed by atoms with van der Waals surface area (Å²) >= 11 is 0. The Morgan fingerprint density at radius 3 is 2.85 bits per heavy atom. The van der Waals surface area contributed by atoms with Crippen LogP contribution in [-0.4, -0.2) is 52.7 Å². The highest BCUT2D eigenvalue weighted by atomic mass is 16.5. The first-order chi connectivity index (χ1) is 12.5. The van der Waals surface area contributed by atoms with Gasteiger partial charge in [0.2, 0.25) is 0 Å². The van der Waals surface area contributed by atoms with E-state index in [-0.39, 0.29) is 17.6 Å². The minimum absolute atomic E-state index is 0.0326. The number of benzene rings is 1. The Kier molecular flexibility index (Phi) is 3.48. The standard InChI is InChI=1S/C21H27NO4/c1-26-16-5-4-14-10-17-21(25)7-6-15(23)11-20(21,18(14)19(16)24)8-9-22(17)12-13-2-3-13/h4-5,13,17,24-25H,2-3,6-12H2,1H3/t17-,20-,21+/m0/s1. The lowest BCUT2D eigenvalue weighted by Crippen LogP contribution is -2.73. The molecule has 1 aromatic rings. The van der Waals surface area contributed by atoms with Crippen LogP contribution in [0.5, 0.6) is 11.5 Å². The van der Waals surface area contributed by atoms with Crippen LogP contribution in [0.15, 0.2) is 12.1 Å². The number of methoxy groups -OCH3 is 1. The normalized spacial score (nSPS) is 36.4. The molecule has 26 heavy (non-hydrogen) atoms. The van der Waals surface area contributed by atoms with Crippen LogP contribution in [0.1, 0.15) is 49.7 Å². The maximum atomic E-state index is 12.5. The van der Waals surface area contributed by atoms with Crippen molar-refractivity contribution in [1.29, 1.82) is 0 Å². The zero-order valence-electron chi connectivity index (χ0n) is 15.3. The van der Waals surface area contributed by atoms with Crippen molar-refractivity contribution in [3.8, 4) is 11.5 Å². The number of carbonyl (C=O) groups excluding carboxylic acids is 1. The fraction of sp³-hybridized carbons (Fsp3) is 0.667. The Labute approximate surface area is 154 Å². The third kappa shape index (κ3) is 2.07. The van der Waals surface area contributed by atoms with Gasteiger partial charge in [0.25, 0.3) is 0 Å². The maximum Gasteiger partial charge on any atom is 0.161 e. The first kappa shape index (κ1) is 16.6. The number of fused-ring (bicyclic) bond motifs is 1. The van der Waals surface area contributed by atoms with Gasteiger partial charge in [0, 0.05) is 36.4 Å². The summed E-state index contributed by atoms with van der Waals surface area (Å²) in [5.41, 5.74) is 0.201. The molecule has 0 radical (unpaired) electrons. The zero-order chi connectivity index (χ0) is 18.1. The molecular formula is C21H27NO4. The number of phenols is 1. The van der Waals surface area contributed by atoms with E-state index in [9.17, 15) is 15.0 Å². The van der Waals surface area contributed by atoms with Crippen molar-refractivity contribution in [2.45, 2.75) is 62.0 Å². The summed E-state index contributed by atoms with van der Waals surface area (Å²) in [7, 11) is 1.54. The summed E-state index contributed by atoms with van der Waals surface area (Å²) in [6.07, 6.45) is 5.28. The Morgan fingerprint density at radius 2 is 2.12 bits per heavy atom. The summed E-state index contributed by atoms with van der Waals surface area (Å²) in [5.74, 6) is 1.51. The number of ether oxygens (including phenoxy) is 1. The smallest absolute Gasteiger partial charge is 0.161 e. The van der Waals surface area contributed by atoms with Crippen molar-refractivity contribution in [2.24, 2.45) is 5.92 Å². The van der Waals surface area contributed by atoms with Crippen LogP contribution >= 0.6 is 0 Å². The van der Waals surface area contributed by atoms with Gasteiger partial charge in [-0.05, 0) is 56.2 Å². The van der Waals surface area contributed by atoms with Crippen LogP contribution < -0.4 is 4.74 Å². The molecule has 2 N–H and O–H groups in total. The molecule has 5 heteroatoms. The Morgan fingerprint density at radius 1 is 1.31 bits per heavy atom. The van der Waals surface area contributed by atoms with Gasteiger partial charge in [-0.25, -0.2) is 0 Å². The first-order valence-corrected chi connectivity index (χ1v) is 9.86. The van der Waals surface area contributed by atoms with Crippen LogP contribution in [-0.2, 0) is 16.6 Å². The highest BCUT2D eigenvalue weighted by Gasteiger charge is 2.65. The van der Waals surface area contributed by atoms with Gasteiger partial charge in [-0.15, -0.1) is 0 Å². The number of nitrogens with zero attached hydrogens (tertiary/aromatic N) is 1. The second-order valence-corrected chi connectivity index (χ2v) is 8.78. The van der Waals surface area contributed by atoms with E-state index in [0.717, 1.165) is 36.6 Å². The quantitative estimate of drug-likeness (QED) is 0.868. The van der Waals surface area contributed by atoms with E-state index < -0.39 is 11.0 Å².